The highest BCUT2D eigenvalue weighted by Gasteiger charge is 2.42. The maximum absolute atomic E-state index is 13.6. The van der Waals surface area contributed by atoms with E-state index in [4.69, 9.17) is 9.47 Å². The lowest BCUT2D eigenvalue weighted by Gasteiger charge is -2.27. The number of hydrogen-bond acceptors (Lipinski definition) is 5. The van der Waals surface area contributed by atoms with Gasteiger partial charge in [-0.05, 0) is 37.5 Å². The summed E-state index contributed by atoms with van der Waals surface area (Å²) in [5, 5.41) is 7.62. The van der Waals surface area contributed by atoms with Gasteiger partial charge in [-0.15, -0.1) is 0 Å². The third kappa shape index (κ3) is 4.46. The molecule has 2 aromatic heterocycles. The van der Waals surface area contributed by atoms with E-state index < -0.39 is 0 Å². The molecule has 1 amide bonds. The Balaban J connectivity index is 1.54. The molecule has 1 aliphatic rings. The molecule has 0 bridgehead atoms. The Hall–Kier alpha value is -4.07. The summed E-state index contributed by atoms with van der Waals surface area (Å²) in [5.41, 5.74) is 5.35. The van der Waals surface area contributed by atoms with Crippen molar-refractivity contribution in [2.45, 2.75) is 39.3 Å². The zero-order valence-corrected chi connectivity index (χ0v) is 20.9. The molecule has 1 aliphatic heterocycles. The first kappa shape index (κ1) is 23.7. The van der Waals surface area contributed by atoms with E-state index in [2.05, 4.69) is 53.3 Å². The number of carbonyl (C=O) groups is 1. The fourth-order valence-electron chi connectivity index (χ4n) is 4.73. The van der Waals surface area contributed by atoms with Gasteiger partial charge in [0.25, 0.3) is 5.91 Å². The van der Waals surface area contributed by atoms with Crippen molar-refractivity contribution >= 4 is 5.91 Å². The number of carbonyl (C=O) groups excluding carboxylic acids is 1. The molecule has 186 valence electrons. The summed E-state index contributed by atoms with van der Waals surface area (Å²) in [4.78, 5) is 19.7. The number of aromatic nitrogens is 4. The smallest absolute Gasteiger partial charge is 0.273 e. The first-order valence-corrected chi connectivity index (χ1v) is 12.3. The number of hydrogen-bond donors (Lipinski definition) is 1. The summed E-state index contributed by atoms with van der Waals surface area (Å²) in [6.45, 7) is 6.11. The Bertz CT molecular complexity index is 1330. The molecule has 0 saturated heterocycles. The van der Waals surface area contributed by atoms with E-state index in [1.807, 2.05) is 33.9 Å². The van der Waals surface area contributed by atoms with E-state index in [1.54, 1.807) is 19.6 Å². The molecule has 0 fully saturated rings. The largest absolute Gasteiger partial charge is 0.493 e. The zero-order chi connectivity index (χ0) is 25.1. The Morgan fingerprint density at radius 1 is 1.08 bits per heavy atom. The Kier molecular flexibility index (Phi) is 6.75. The molecule has 0 spiro atoms. The van der Waals surface area contributed by atoms with Gasteiger partial charge in [0.15, 0.2) is 11.5 Å². The molecule has 3 heterocycles. The van der Waals surface area contributed by atoms with Gasteiger partial charge in [0.2, 0.25) is 0 Å². The van der Waals surface area contributed by atoms with E-state index >= 15 is 0 Å². The van der Waals surface area contributed by atoms with Crippen molar-refractivity contribution in [2.24, 2.45) is 0 Å². The maximum atomic E-state index is 13.6. The number of benzene rings is 2. The quantitative estimate of drug-likeness (QED) is 0.341. The molecule has 2 aromatic carbocycles. The number of aryl methyl sites for hydroxylation is 2. The van der Waals surface area contributed by atoms with Crippen LogP contribution in [0.25, 0.3) is 11.3 Å². The predicted octanol–water partition coefficient (Wildman–Crippen LogP) is 5.01. The van der Waals surface area contributed by atoms with E-state index in [0.29, 0.717) is 30.3 Å². The van der Waals surface area contributed by atoms with Crippen molar-refractivity contribution in [3.05, 3.63) is 83.6 Å². The minimum absolute atomic E-state index is 0.0447. The standard InChI is InChI=1S/C28H31N5O3/c1-4-16-36-22-11-10-21(17-23(22)35-3)27-24-25(20-8-6-19(2)7-9-20)30-31-26(24)28(34)33(27)14-5-13-32-15-12-29-18-32/h6-12,15,17-18,27H,4-5,13-14,16H2,1-3H3,(H,30,31). The number of nitrogens with zero attached hydrogens (tertiary/aromatic N) is 4. The number of fused-ring (bicyclic) bond motifs is 1. The van der Waals surface area contributed by atoms with Gasteiger partial charge in [0, 0.05) is 36.6 Å². The number of imidazole rings is 1. The number of rotatable bonds is 10. The fourth-order valence-corrected chi connectivity index (χ4v) is 4.73. The minimum Gasteiger partial charge on any atom is -0.493 e. The molecule has 1 atom stereocenters. The van der Waals surface area contributed by atoms with E-state index in [-0.39, 0.29) is 11.9 Å². The van der Waals surface area contributed by atoms with Crippen molar-refractivity contribution in [3.8, 4) is 22.8 Å². The minimum atomic E-state index is -0.292. The molecule has 8 nitrogen and oxygen atoms in total. The second kappa shape index (κ2) is 10.3. The van der Waals surface area contributed by atoms with Crippen LogP contribution < -0.4 is 9.47 Å². The normalized spacial score (nSPS) is 14.8. The molecule has 8 heteroatoms. The van der Waals surface area contributed by atoms with Crippen LogP contribution in [0.15, 0.2) is 61.2 Å². The lowest BCUT2D eigenvalue weighted by atomic mass is 9.95. The van der Waals surface area contributed by atoms with Crippen molar-refractivity contribution in [2.75, 3.05) is 20.3 Å². The summed E-state index contributed by atoms with van der Waals surface area (Å²) in [5.74, 6) is 1.31. The van der Waals surface area contributed by atoms with Gasteiger partial charge in [0.1, 0.15) is 5.69 Å². The fraction of sp³-hybridized carbons (Fsp3) is 0.321. The summed E-state index contributed by atoms with van der Waals surface area (Å²) >= 11 is 0. The number of ether oxygens (including phenoxy) is 2. The van der Waals surface area contributed by atoms with Crippen LogP contribution in [0.4, 0.5) is 0 Å². The Labute approximate surface area is 210 Å². The van der Waals surface area contributed by atoms with Crippen LogP contribution in [0.3, 0.4) is 0 Å². The first-order valence-electron chi connectivity index (χ1n) is 12.3. The molecular weight excluding hydrogens is 454 g/mol. The van der Waals surface area contributed by atoms with E-state index in [0.717, 1.165) is 41.8 Å². The SMILES string of the molecule is CCCOc1ccc(C2c3c(-c4ccc(C)cc4)n[nH]c3C(=O)N2CCCn2ccnc2)cc1OC. The van der Waals surface area contributed by atoms with Gasteiger partial charge in [-0.3, -0.25) is 9.89 Å². The number of H-pyrrole nitrogens is 1. The van der Waals surface area contributed by atoms with Crippen molar-refractivity contribution in [3.63, 3.8) is 0 Å². The van der Waals surface area contributed by atoms with Crippen molar-refractivity contribution in [1.29, 1.82) is 0 Å². The lowest BCUT2D eigenvalue weighted by Crippen LogP contribution is -2.31. The monoisotopic (exact) mass is 485 g/mol. The Morgan fingerprint density at radius 2 is 1.92 bits per heavy atom. The maximum Gasteiger partial charge on any atom is 0.273 e. The summed E-state index contributed by atoms with van der Waals surface area (Å²) < 4.78 is 13.6. The van der Waals surface area contributed by atoms with Gasteiger partial charge >= 0.3 is 0 Å². The van der Waals surface area contributed by atoms with Crippen LogP contribution in [0.5, 0.6) is 11.5 Å². The molecule has 5 rings (SSSR count). The molecule has 4 aromatic rings. The van der Waals surface area contributed by atoms with Crippen molar-refractivity contribution in [1.82, 2.24) is 24.6 Å². The highest BCUT2D eigenvalue weighted by Crippen LogP contribution is 2.44. The zero-order valence-electron chi connectivity index (χ0n) is 20.9. The van der Waals surface area contributed by atoms with Crippen LogP contribution in [0.2, 0.25) is 0 Å². The van der Waals surface area contributed by atoms with Gasteiger partial charge in [-0.1, -0.05) is 42.8 Å². The van der Waals surface area contributed by atoms with Crippen LogP contribution in [0, 0.1) is 6.92 Å². The van der Waals surface area contributed by atoms with Gasteiger partial charge < -0.3 is 18.9 Å². The number of nitrogens with one attached hydrogen (secondary N) is 1. The molecule has 36 heavy (non-hydrogen) atoms. The summed E-state index contributed by atoms with van der Waals surface area (Å²) in [6, 6.07) is 13.9. The number of aromatic amines is 1. The summed E-state index contributed by atoms with van der Waals surface area (Å²) in [7, 11) is 1.64. The third-order valence-electron chi connectivity index (χ3n) is 6.53. The molecule has 0 radical (unpaired) electrons. The third-order valence-corrected chi connectivity index (χ3v) is 6.53. The van der Waals surface area contributed by atoms with Crippen LogP contribution >= 0.6 is 0 Å². The average Bonchev–Trinajstić information content (AvgIpc) is 3.62. The average molecular weight is 486 g/mol. The number of amides is 1. The molecular formula is C28H31N5O3. The topological polar surface area (TPSA) is 85.3 Å². The molecule has 0 saturated carbocycles. The lowest BCUT2D eigenvalue weighted by molar-refractivity contribution is 0.0739. The van der Waals surface area contributed by atoms with Crippen LogP contribution in [0.1, 0.15) is 53.0 Å². The second-order valence-electron chi connectivity index (χ2n) is 9.04. The summed E-state index contributed by atoms with van der Waals surface area (Å²) in [6.07, 6.45) is 7.20. The van der Waals surface area contributed by atoms with E-state index in [1.165, 1.54) is 5.56 Å². The highest BCUT2D eigenvalue weighted by molar-refractivity contribution is 6.00. The van der Waals surface area contributed by atoms with E-state index in [9.17, 15) is 4.79 Å². The molecule has 0 aliphatic carbocycles. The van der Waals surface area contributed by atoms with Crippen LogP contribution in [-0.2, 0) is 6.54 Å². The first-order chi connectivity index (χ1) is 17.6. The number of methoxy groups -OCH3 is 1. The van der Waals surface area contributed by atoms with Gasteiger partial charge in [-0.2, -0.15) is 5.10 Å². The van der Waals surface area contributed by atoms with Gasteiger partial charge in [-0.25, -0.2) is 4.98 Å². The van der Waals surface area contributed by atoms with Gasteiger partial charge in [0.05, 0.1) is 31.8 Å². The molecule has 1 N–H and O–H groups in total. The molecule has 1 unspecified atom stereocenters. The van der Waals surface area contributed by atoms with Crippen LogP contribution in [-0.4, -0.2) is 50.8 Å². The highest BCUT2D eigenvalue weighted by atomic mass is 16.5. The predicted molar refractivity (Wildman–Crippen MR) is 137 cm³/mol. The Morgan fingerprint density at radius 3 is 2.64 bits per heavy atom. The van der Waals surface area contributed by atoms with Crippen molar-refractivity contribution < 1.29 is 14.3 Å². The second-order valence-corrected chi connectivity index (χ2v) is 9.04.